The highest BCUT2D eigenvalue weighted by Crippen LogP contribution is 2.30. The third kappa shape index (κ3) is 3.34. The lowest BCUT2D eigenvalue weighted by Gasteiger charge is -2.06. The average molecular weight is 289 g/mol. The molecule has 94 valence electrons. The van der Waals surface area contributed by atoms with Gasteiger partial charge in [0.1, 0.15) is 5.03 Å². The molecule has 0 amide bonds. The normalized spacial score (nSPS) is 9.95. The number of carbonyl (C=O) groups is 1. The van der Waals surface area contributed by atoms with Crippen molar-refractivity contribution in [3.05, 3.63) is 52.7 Å². The van der Waals surface area contributed by atoms with Crippen molar-refractivity contribution in [1.82, 2.24) is 4.98 Å². The van der Waals surface area contributed by atoms with Crippen LogP contribution in [0, 0.1) is 11.3 Å². The van der Waals surface area contributed by atoms with E-state index in [1.807, 2.05) is 0 Å². The summed E-state index contributed by atoms with van der Waals surface area (Å²) in [5.41, 5.74) is 1.10. The van der Waals surface area contributed by atoms with Crippen LogP contribution < -0.4 is 0 Å². The maximum atomic E-state index is 11.6. The first kappa shape index (κ1) is 13.6. The highest BCUT2D eigenvalue weighted by Gasteiger charge is 2.10. The summed E-state index contributed by atoms with van der Waals surface area (Å²) in [4.78, 5) is 16.5. The van der Waals surface area contributed by atoms with Crippen LogP contribution in [0.3, 0.4) is 0 Å². The van der Waals surface area contributed by atoms with Crippen LogP contribution in [-0.4, -0.2) is 10.8 Å². The number of aromatic nitrogens is 1. The first-order valence-electron chi connectivity index (χ1n) is 5.44. The molecule has 0 spiro atoms. The van der Waals surface area contributed by atoms with E-state index in [1.165, 1.54) is 18.7 Å². The summed E-state index contributed by atoms with van der Waals surface area (Å²) >= 11 is 7.11. The largest absolute Gasteiger partial charge is 0.294 e. The van der Waals surface area contributed by atoms with Gasteiger partial charge in [-0.2, -0.15) is 5.26 Å². The Bertz CT molecular complexity index is 662. The standard InChI is InChI=1S/C14H9ClN2OS/c1-9(18)12-4-2-10(7-16)6-13(12)19-14-5-3-11(15)8-17-14/h2-6,8H,1H3. The number of ketones is 1. The van der Waals surface area contributed by atoms with E-state index in [2.05, 4.69) is 11.1 Å². The number of pyridine rings is 1. The maximum Gasteiger partial charge on any atom is 0.160 e. The lowest BCUT2D eigenvalue weighted by Crippen LogP contribution is -1.96. The molecule has 2 rings (SSSR count). The van der Waals surface area contributed by atoms with Crippen LogP contribution in [0.1, 0.15) is 22.8 Å². The van der Waals surface area contributed by atoms with E-state index in [9.17, 15) is 4.79 Å². The van der Waals surface area contributed by atoms with E-state index >= 15 is 0 Å². The number of hydrogen-bond donors (Lipinski definition) is 0. The van der Waals surface area contributed by atoms with Gasteiger partial charge >= 0.3 is 0 Å². The summed E-state index contributed by atoms with van der Waals surface area (Å²) < 4.78 is 0. The third-order valence-corrected chi connectivity index (χ3v) is 3.64. The van der Waals surface area contributed by atoms with Crippen LogP contribution in [0.15, 0.2) is 46.5 Å². The summed E-state index contributed by atoms with van der Waals surface area (Å²) in [6, 6.07) is 10.6. The van der Waals surface area contributed by atoms with E-state index in [-0.39, 0.29) is 5.78 Å². The number of nitrogens with zero attached hydrogens (tertiary/aromatic N) is 2. The average Bonchev–Trinajstić information content (AvgIpc) is 2.41. The minimum Gasteiger partial charge on any atom is -0.294 e. The quantitative estimate of drug-likeness (QED) is 0.802. The molecule has 0 atom stereocenters. The van der Waals surface area contributed by atoms with Gasteiger partial charge in [0.05, 0.1) is 16.7 Å². The fourth-order valence-corrected chi connectivity index (χ4v) is 2.59. The Morgan fingerprint density at radius 2 is 2.16 bits per heavy atom. The number of nitriles is 1. The lowest BCUT2D eigenvalue weighted by molar-refractivity contribution is 0.101. The molecule has 0 N–H and O–H groups in total. The molecule has 0 radical (unpaired) electrons. The first-order valence-corrected chi connectivity index (χ1v) is 6.64. The molecular formula is C14H9ClN2OS. The van der Waals surface area contributed by atoms with Gasteiger partial charge < -0.3 is 0 Å². The SMILES string of the molecule is CC(=O)c1ccc(C#N)cc1Sc1ccc(Cl)cn1. The van der Waals surface area contributed by atoms with E-state index in [1.54, 1.807) is 36.5 Å². The zero-order valence-corrected chi connectivity index (χ0v) is 11.6. The van der Waals surface area contributed by atoms with Crippen LogP contribution in [0.4, 0.5) is 0 Å². The van der Waals surface area contributed by atoms with Crippen molar-refractivity contribution in [3.63, 3.8) is 0 Å². The molecule has 5 heteroatoms. The second-order valence-corrected chi connectivity index (χ2v) is 5.29. The second kappa shape index (κ2) is 5.87. The van der Waals surface area contributed by atoms with Crippen molar-refractivity contribution in [2.45, 2.75) is 16.8 Å². The smallest absolute Gasteiger partial charge is 0.160 e. The number of rotatable bonds is 3. The highest BCUT2D eigenvalue weighted by atomic mass is 35.5. The minimum absolute atomic E-state index is 0.0408. The summed E-state index contributed by atoms with van der Waals surface area (Å²) in [7, 11) is 0. The molecule has 3 nitrogen and oxygen atoms in total. The van der Waals surface area contributed by atoms with E-state index in [0.29, 0.717) is 16.1 Å². The van der Waals surface area contributed by atoms with Crippen molar-refractivity contribution in [2.75, 3.05) is 0 Å². The van der Waals surface area contributed by atoms with Gasteiger partial charge in [0, 0.05) is 16.7 Å². The van der Waals surface area contributed by atoms with E-state index < -0.39 is 0 Å². The molecule has 1 aromatic carbocycles. The van der Waals surface area contributed by atoms with Gasteiger partial charge in [-0.05, 0) is 37.3 Å². The summed E-state index contributed by atoms with van der Waals surface area (Å²) in [5, 5.41) is 10.2. The predicted octanol–water partition coefficient (Wildman–Crippen LogP) is 3.96. The molecular weight excluding hydrogens is 280 g/mol. The predicted molar refractivity (Wildman–Crippen MR) is 74.5 cm³/mol. The molecule has 1 aromatic heterocycles. The molecule has 0 aliphatic heterocycles. The first-order chi connectivity index (χ1) is 9.10. The Hall–Kier alpha value is -1.83. The molecule has 1 heterocycles. The van der Waals surface area contributed by atoms with E-state index in [0.717, 1.165) is 9.92 Å². The van der Waals surface area contributed by atoms with Crippen LogP contribution in [0.2, 0.25) is 5.02 Å². The van der Waals surface area contributed by atoms with Crippen molar-refractivity contribution < 1.29 is 4.79 Å². The van der Waals surface area contributed by atoms with Gasteiger partial charge in [0.25, 0.3) is 0 Å². The molecule has 0 saturated carbocycles. The Labute approximate surface area is 120 Å². The zero-order chi connectivity index (χ0) is 13.8. The zero-order valence-electron chi connectivity index (χ0n) is 10.1. The molecule has 0 aliphatic rings. The fourth-order valence-electron chi connectivity index (χ4n) is 1.50. The second-order valence-electron chi connectivity index (χ2n) is 3.80. The van der Waals surface area contributed by atoms with Gasteiger partial charge in [-0.3, -0.25) is 4.79 Å². The van der Waals surface area contributed by atoms with Crippen molar-refractivity contribution in [2.24, 2.45) is 0 Å². The Kier molecular flexibility index (Phi) is 4.20. The Morgan fingerprint density at radius 3 is 2.74 bits per heavy atom. The number of benzene rings is 1. The molecule has 0 unspecified atom stereocenters. The summed E-state index contributed by atoms with van der Waals surface area (Å²) in [6.45, 7) is 1.50. The van der Waals surface area contributed by atoms with Gasteiger partial charge in [-0.1, -0.05) is 23.4 Å². The van der Waals surface area contributed by atoms with Gasteiger partial charge in [0.15, 0.2) is 5.78 Å². The van der Waals surface area contributed by atoms with Gasteiger partial charge in [-0.15, -0.1) is 0 Å². The van der Waals surface area contributed by atoms with Crippen LogP contribution in [-0.2, 0) is 0 Å². The molecule has 19 heavy (non-hydrogen) atoms. The topological polar surface area (TPSA) is 53.8 Å². The van der Waals surface area contributed by atoms with Crippen molar-refractivity contribution >= 4 is 29.1 Å². The Balaban J connectivity index is 2.40. The van der Waals surface area contributed by atoms with Crippen LogP contribution in [0.5, 0.6) is 0 Å². The van der Waals surface area contributed by atoms with Crippen molar-refractivity contribution in [3.8, 4) is 6.07 Å². The van der Waals surface area contributed by atoms with Crippen LogP contribution >= 0.6 is 23.4 Å². The third-order valence-electron chi connectivity index (χ3n) is 2.40. The van der Waals surface area contributed by atoms with Gasteiger partial charge in [0.2, 0.25) is 0 Å². The van der Waals surface area contributed by atoms with E-state index in [4.69, 9.17) is 16.9 Å². The summed E-state index contributed by atoms with van der Waals surface area (Å²) in [6.07, 6.45) is 1.55. The minimum atomic E-state index is -0.0408. The number of halogens is 1. The molecule has 0 aliphatic carbocycles. The number of carbonyl (C=O) groups excluding carboxylic acids is 1. The lowest BCUT2D eigenvalue weighted by atomic mass is 10.1. The molecule has 0 saturated heterocycles. The molecule has 0 bridgehead atoms. The number of hydrogen-bond acceptors (Lipinski definition) is 4. The fraction of sp³-hybridized carbons (Fsp3) is 0.0714. The Morgan fingerprint density at radius 1 is 1.37 bits per heavy atom. The maximum absolute atomic E-state index is 11.6. The highest BCUT2D eigenvalue weighted by molar-refractivity contribution is 7.99. The van der Waals surface area contributed by atoms with Crippen LogP contribution in [0.25, 0.3) is 0 Å². The molecule has 2 aromatic rings. The molecule has 0 fully saturated rings. The monoisotopic (exact) mass is 288 g/mol. The summed E-state index contributed by atoms with van der Waals surface area (Å²) in [5.74, 6) is -0.0408. The number of Topliss-reactive ketones (excluding diaryl/α,β-unsaturated/α-hetero) is 1. The van der Waals surface area contributed by atoms with Gasteiger partial charge in [-0.25, -0.2) is 4.98 Å². The van der Waals surface area contributed by atoms with Crippen molar-refractivity contribution in [1.29, 1.82) is 5.26 Å².